The highest BCUT2D eigenvalue weighted by molar-refractivity contribution is 5.66. The van der Waals surface area contributed by atoms with Gasteiger partial charge in [-0.3, -0.25) is 4.98 Å². The topological polar surface area (TPSA) is 38.9 Å². The van der Waals surface area contributed by atoms with Crippen LogP contribution in [0.15, 0.2) is 30.5 Å². The molecule has 1 aromatic heterocycles. The summed E-state index contributed by atoms with van der Waals surface area (Å²) in [5.41, 5.74) is 6.61. The van der Waals surface area contributed by atoms with Crippen molar-refractivity contribution in [1.29, 1.82) is 0 Å². The summed E-state index contributed by atoms with van der Waals surface area (Å²) in [5, 5.41) is 0. The van der Waals surface area contributed by atoms with Gasteiger partial charge in [0.15, 0.2) is 0 Å². The highest BCUT2D eigenvalue weighted by Gasteiger charge is 2.09. The van der Waals surface area contributed by atoms with Crippen molar-refractivity contribution in [2.75, 3.05) is 5.73 Å². The van der Waals surface area contributed by atoms with Crippen LogP contribution in [0, 0.1) is 18.6 Å². The highest BCUT2D eigenvalue weighted by atomic mass is 19.1. The van der Waals surface area contributed by atoms with Crippen molar-refractivity contribution in [1.82, 2.24) is 4.98 Å². The van der Waals surface area contributed by atoms with Gasteiger partial charge >= 0.3 is 0 Å². The molecule has 0 spiro atoms. The third-order valence-corrected chi connectivity index (χ3v) is 2.29. The second-order valence-corrected chi connectivity index (χ2v) is 3.54. The first-order valence-electron chi connectivity index (χ1n) is 4.75. The standard InChI is InChI=1S/C12H10F2N2/c1-7-4-8(2-3-16-7)9-5-11(14)12(15)6-10(9)13/h2-6H,15H2,1H3. The first-order chi connectivity index (χ1) is 7.58. The molecule has 0 radical (unpaired) electrons. The molecule has 16 heavy (non-hydrogen) atoms. The average molecular weight is 220 g/mol. The summed E-state index contributed by atoms with van der Waals surface area (Å²) < 4.78 is 26.8. The monoisotopic (exact) mass is 220 g/mol. The second kappa shape index (κ2) is 3.89. The van der Waals surface area contributed by atoms with E-state index in [4.69, 9.17) is 5.73 Å². The Balaban J connectivity index is 2.60. The van der Waals surface area contributed by atoms with Gasteiger partial charge in [-0.15, -0.1) is 0 Å². The fourth-order valence-electron chi connectivity index (χ4n) is 1.50. The number of aromatic nitrogens is 1. The number of nitrogens with two attached hydrogens (primary N) is 1. The Morgan fingerprint density at radius 2 is 1.88 bits per heavy atom. The van der Waals surface area contributed by atoms with Crippen LogP contribution in [0.1, 0.15) is 5.69 Å². The number of benzene rings is 1. The van der Waals surface area contributed by atoms with Crippen molar-refractivity contribution in [3.8, 4) is 11.1 Å². The van der Waals surface area contributed by atoms with Gasteiger partial charge in [0, 0.05) is 23.5 Å². The lowest BCUT2D eigenvalue weighted by Gasteiger charge is -2.06. The molecule has 82 valence electrons. The maximum absolute atomic E-state index is 13.6. The molecule has 2 N–H and O–H groups in total. The number of rotatable bonds is 1. The number of nitrogens with zero attached hydrogens (tertiary/aromatic N) is 1. The van der Waals surface area contributed by atoms with Gasteiger partial charge in [-0.2, -0.15) is 0 Å². The molecule has 0 atom stereocenters. The average Bonchev–Trinajstić information content (AvgIpc) is 2.23. The molecule has 1 heterocycles. The fourth-order valence-corrected chi connectivity index (χ4v) is 1.50. The van der Waals surface area contributed by atoms with Crippen LogP contribution in [0.2, 0.25) is 0 Å². The van der Waals surface area contributed by atoms with Gasteiger partial charge in [-0.1, -0.05) is 0 Å². The molecule has 0 saturated carbocycles. The highest BCUT2D eigenvalue weighted by Crippen LogP contribution is 2.26. The lowest BCUT2D eigenvalue weighted by atomic mass is 10.0. The molecule has 0 amide bonds. The van der Waals surface area contributed by atoms with E-state index in [0.29, 0.717) is 5.56 Å². The molecule has 2 rings (SSSR count). The van der Waals surface area contributed by atoms with Crippen molar-refractivity contribution in [2.45, 2.75) is 6.92 Å². The fraction of sp³-hybridized carbons (Fsp3) is 0.0833. The molecular weight excluding hydrogens is 210 g/mol. The van der Waals surface area contributed by atoms with Gasteiger partial charge in [-0.05, 0) is 30.7 Å². The van der Waals surface area contributed by atoms with E-state index in [0.717, 1.165) is 17.8 Å². The van der Waals surface area contributed by atoms with Crippen LogP contribution < -0.4 is 5.73 Å². The molecule has 2 nitrogen and oxygen atoms in total. The molecular formula is C12H10F2N2. The van der Waals surface area contributed by atoms with E-state index in [1.165, 1.54) is 0 Å². The summed E-state index contributed by atoms with van der Waals surface area (Å²) >= 11 is 0. The predicted octanol–water partition coefficient (Wildman–Crippen LogP) is 2.92. The van der Waals surface area contributed by atoms with Crippen LogP contribution in [0.25, 0.3) is 11.1 Å². The zero-order valence-electron chi connectivity index (χ0n) is 8.67. The summed E-state index contributed by atoms with van der Waals surface area (Å²) in [7, 11) is 0. The van der Waals surface area contributed by atoms with Crippen molar-refractivity contribution in [3.63, 3.8) is 0 Å². The number of anilines is 1. The van der Waals surface area contributed by atoms with Crippen molar-refractivity contribution >= 4 is 5.69 Å². The van der Waals surface area contributed by atoms with E-state index in [1.54, 1.807) is 25.3 Å². The molecule has 0 aliphatic carbocycles. The Labute approximate surface area is 91.7 Å². The van der Waals surface area contributed by atoms with Gasteiger partial charge < -0.3 is 5.73 Å². The number of pyridine rings is 1. The Kier molecular flexibility index (Phi) is 2.56. The van der Waals surface area contributed by atoms with E-state index in [-0.39, 0.29) is 11.3 Å². The van der Waals surface area contributed by atoms with Gasteiger partial charge in [-0.25, -0.2) is 8.78 Å². The zero-order valence-corrected chi connectivity index (χ0v) is 8.67. The summed E-state index contributed by atoms with van der Waals surface area (Å²) in [6.45, 7) is 1.79. The quantitative estimate of drug-likeness (QED) is 0.750. The van der Waals surface area contributed by atoms with Gasteiger partial charge in [0.05, 0.1) is 5.69 Å². The van der Waals surface area contributed by atoms with Crippen LogP contribution in [-0.4, -0.2) is 4.98 Å². The minimum Gasteiger partial charge on any atom is -0.396 e. The molecule has 4 heteroatoms. The number of hydrogen-bond acceptors (Lipinski definition) is 2. The van der Waals surface area contributed by atoms with Crippen molar-refractivity contribution < 1.29 is 8.78 Å². The third kappa shape index (κ3) is 1.86. The van der Waals surface area contributed by atoms with E-state index >= 15 is 0 Å². The van der Waals surface area contributed by atoms with E-state index in [2.05, 4.69) is 4.98 Å². The maximum Gasteiger partial charge on any atom is 0.146 e. The Morgan fingerprint density at radius 1 is 1.12 bits per heavy atom. The van der Waals surface area contributed by atoms with Crippen LogP contribution in [0.5, 0.6) is 0 Å². The molecule has 0 unspecified atom stereocenters. The van der Waals surface area contributed by atoms with Crippen LogP contribution in [-0.2, 0) is 0 Å². The molecule has 0 aliphatic rings. The number of aryl methyl sites for hydroxylation is 1. The third-order valence-electron chi connectivity index (χ3n) is 2.29. The molecule has 0 bridgehead atoms. The maximum atomic E-state index is 13.6. The van der Waals surface area contributed by atoms with E-state index < -0.39 is 11.6 Å². The molecule has 1 aromatic carbocycles. The largest absolute Gasteiger partial charge is 0.396 e. The number of halogens is 2. The van der Waals surface area contributed by atoms with Crippen LogP contribution in [0.4, 0.5) is 14.5 Å². The SMILES string of the molecule is Cc1cc(-c2cc(F)c(N)cc2F)ccn1. The summed E-state index contributed by atoms with van der Waals surface area (Å²) in [6, 6.07) is 5.40. The minimum absolute atomic E-state index is 0.188. The molecule has 0 fully saturated rings. The molecule has 2 aromatic rings. The van der Waals surface area contributed by atoms with Crippen LogP contribution in [0.3, 0.4) is 0 Å². The Bertz CT molecular complexity index is 539. The van der Waals surface area contributed by atoms with E-state index in [9.17, 15) is 8.78 Å². The number of hydrogen-bond donors (Lipinski definition) is 1. The minimum atomic E-state index is -0.620. The van der Waals surface area contributed by atoms with Crippen molar-refractivity contribution in [2.24, 2.45) is 0 Å². The number of nitrogen functional groups attached to an aromatic ring is 1. The summed E-state index contributed by atoms with van der Waals surface area (Å²) in [6.07, 6.45) is 1.55. The smallest absolute Gasteiger partial charge is 0.146 e. The van der Waals surface area contributed by atoms with Crippen LogP contribution >= 0.6 is 0 Å². The van der Waals surface area contributed by atoms with Gasteiger partial charge in [0.1, 0.15) is 11.6 Å². The lowest BCUT2D eigenvalue weighted by Crippen LogP contribution is -1.95. The summed E-state index contributed by atoms with van der Waals surface area (Å²) in [4.78, 5) is 3.99. The zero-order chi connectivity index (χ0) is 11.7. The second-order valence-electron chi connectivity index (χ2n) is 3.54. The lowest BCUT2D eigenvalue weighted by molar-refractivity contribution is 0.607. The van der Waals surface area contributed by atoms with Gasteiger partial charge in [0.25, 0.3) is 0 Å². The van der Waals surface area contributed by atoms with Crippen molar-refractivity contribution in [3.05, 3.63) is 47.8 Å². The molecule has 0 aliphatic heterocycles. The normalized spacial score (nSPS) is 10.4. The Hall–Kier alpha value is -1.97. The van der Waals surface area contributed by atoms with E-state index in [1.807, 2.05) is 0 Å². The van der Waals surface area contributed by atoms with Gasteiger partial charge in [0.2, 0.25) is 0 Å². The molecule has 0 saturated heterocycles. The summed E-state index contributed by atoms with van der Waals surface area (Å²) in [5.74, 6) is -1.16. The first-order valence-corrected chi connectivity index (χ1v) is 4.75. The predicted molar refractivity (Wildman–Crippen MR) is 58.7 cm³/mol. The Morgan fingerprint density at radius 3 is 2.56 bits per heavy atom. The first kappa shape index (κ1) is 10.5.